The Kier molecular flexibility index (Phi) is 3.93. The van der Waals surface area contributed by atoms with Crippen LogP contribution >= 0.6 is 0 Å². The second-order valence-electron chi connectivity index (χ2n) is 4.34. The largest absolute Gasteiger partial charge is 0.383 e. The molecule has 0 aliphatic carbocycles. The minimum Gasteiger partial charge on any atom is -0.383 e. The van der Waals surface area contributed by atoms with Crippen molar-refractivity contribution in [3.05, 3.63) is 23.9 Å². The van der Waals surface area contributed by atoms with Gasteiger partial charge in [0.05, 0.1) is 5.56 Å². The molecule has 0 saturated carbocycles. The molecule has 0 unspecified atom stereocenters. The van der Waals surface area contributed by atoms with Gasteiger partial charge in [0.25, 0.3) is 5.91 Å². The van der Waals surface area contributed by atoms with Crippen molar-refractivity contribution < 1.29 is 4.79 Å². The van der Waals surface area contributed by atoms with Gasteiger partial charge in [0.1, 0.15) is 5.82 Å². The summed E-state index contributed by atoms with van der Waals surface area (Å²) < 4.78 is 0. The smallest absolute Gasteiger partial charge is 0.255 e. The third-order valence-electron chi connectivity index (χ3n) is 3.09. The highest BCUT2D eigenvalue weighted by molar-refractivity contribution is 5.98. The lowest BCUT2D eigenvalue weighted by atomic mass is 9.98. The highest BCUT2D eigenvalue weighted by atomic mass is 16.1. The summed E-state index contributed by atoms with van der Waals surface area (Å²) in [4.78, 5) is 15.8. The van der Waals surface area contributed by atoms with Gasteiger partial charge in [-0.05, 0) is 44.0 Å². The third-order valence-corrected chi connectivity index (χ3v) is 3.09. The Morgan fingerprint density at radius 1 is 1.53 bits per heavy atom. The van der Waals surface area contributed by atoms with Gasteiger partial charge in [0, 0.05) is 12.7 Å². The molecule has 92 valence electrons. The monoisotopic (exact) mass is 234 g/mol. The van der Waals surface area contributed by atoms with Crippen molar-refractivity contribution >= 4 is 11.7 Å². The first kappa shape index (κ1) is 11.9. The first-order valence-corrected chi connectivity index (χ1v) is 5.97. The fraction of sp³-hybridized carbons (Fsp3) is 0.500. The SMILES string of the molecule is Nc1ncccc1C(=O)NCC1CCNCC1. The predicted octanol–water partition coefficient (Wildman–Crippen LogP) is 0.393. The summed E-state index contributed by atoms with van der Waals surface area (Å²) in [5, 5.41) is 6.22. The number of carbonyl (C=O) groups excluding carboxylic acids is 1. The molecule has 1 saturated heterocycles. The zero-order valence-corrected chi connectivity index (χ0v) is 9.78. The minimum absolute atomic E-state index is 0.130. The van der Waals surface area contributed by atoms with Crippen molar-refractivity contribution in [2.45, 2.75) is 12.8 Å². The summed E-state index contributed by atoms with van der Waals surface area (Å²) in [6, 6.07) is 3.41. The summed E-state index contributed by atoms with van der Waals surface area (Å²) in [5.74, 6) is 0.725. The summed E-state index contributed by atoms with van der Waals surface area (Å²) in [7, 11) is 0. The van der Waals surface area contributed by atoms with Gasteiger partial charge in [0.2, 0.25) is 0 Å². The maximum atomic E-state index is 11.9. The molecule has 0 bridgehead atoms. The molecule has 0 atom stereocenters. The van der Waals surface area contributed by atoms with Crippen molar-refractivity contribution in [3.8, 4) is 0 Å². The maximum absolute atomic E-state index is 11.9. The maximum Gasteiger partial charge on any atom is 0.255 e. The number of nitrogens with one attached hydrogen (secondary N) is 2. The van der Waals surface area contributed by atoms with Crippen LogP contribution in [-0.2, 0) is 0 Å². The number of aromatic nitrogens is 1. The van der Waals surface area contributed by atoms with Crippen molar-refractivity contribution in [1.29, 1.82) is 0 Å². The van der Waals surface area contributed by atoms with Crippen LogP contribution in [0.15, 0.2) is 18.3 Å². The molecule has 2 heterocycles. The van der Waals surface area contributed by atoms with Gasteiger partial charge in [-0.1, -0.05) is 0 Å². The molecule has 17 heavy (non-hydrogen) atoms. The number of pyridine rings is 1. The Bertz CT molecular complexity index is 388. The standard InChI is InChI=1S/C12H18N4O/c13-11-10(2-1-5-15-11)12(17)16-8-9-3-6-14-7-4-9/h1-2,5,9,14H,3-4,6-8H2,(H2,13,15)(H,16,17). The van der Waals surface area contributed by atoms with Gasteiger partial charge in [0.15, 0.2) is 0 Å². The number of nitrogens with two attached hydrogens (primary N) is 1. The number of hydrogen-bond donors (Lipinski definition) is 3. The molecule has 1 aliphatic heterocycles. The number of nitrogens with zero attached hydrogens (tertiary/aromatic N) is 1. The van der Waals surface area contributed by atoms with Crippen LogP contribution in [0, 0.1) is 5.92 Å². The zero-order chi connectivity index (χ0) is 12.1. The predicted molar refractivity (Wildman–Crippen MR) is 66.6 cm³/mol. The minimum atomic E-state index is -0.130. The van der Waals surface area contributed by atoms with E-state index >= 15 is 0 Å². The number of amides is 1. The average Bonchev–Trinajstić information content (AvgIpc) is 2.38. The molecule has 1 amide bonds. The van der Waals surface area contributed by atoms with Crippen LogP contribution in [0.1, 0.15) is 23.2 Å². The second-order valence-corrected chi connectivity index (χ2v) is 4.34. The lowest BCUT2D eigenvalue weighted by Crippen LogP contribution is -2.36. The molecule has 1 aromatic heterocycles. The van der Waals surface area contributed by atoms with E-state index in [1.54, 1.807) is 18.3 Å². The molecule has 1 aliphatic rings. The topological polar surface area (TPSA) is 80.0 Å². The normalized spacial score (nSPS) is 16.7. The van der Waals surface area contributed by atoms with E-state index in [0.717, 1.165) is 32.5 Å². The Balaban J connectivity index is 1.87. The van der Waals surface area contributed by atoms with E-state index in [1.807, 2.05) is 0 Å². The molecule has 2 rings (SSSR count). The van der Waals surface area contributed by atoms with Crippen LogP contribution in [-0.4, -0.2) is 30.5 Å². The van der Waals surface area contributed by atoms with Crippen LogP contribution in [0.4, 0.5) is 5.82 Å². The van der Waals surface area contributed by atoms with E-state index in [9.17, 15) is 4.79 Å². The summed E-state index contributed by atoms with van der Waals surface area (Å²) in [6.45, 7) is 2.79. The van der Waals surface area contributed by atoms with Crippen LogP contribution in [0.2, 0.25) is 0 Å². The molecule has 4 N–H and O–H groups in total. The molecular formula is C12H18N4O. The van der Waals surface area contributed by atoms with Crippen molar-refractivity contribution in [2.24, 2.45) is 5.92 Å². The fourth-order valence-electron chi connectivity index (χ4n) is 2.03. The number of piperidine rings is 1. The van der Waals surface area contributed by atoms with Gasteiger partial charge in [-0.15, -0.1) is 0 Å². The van der Waals surface area contributed by atoms with E-state index in [2.05, 4.69) is 15.6 Å². The first-order valence-electron chi connectivity index (χ1n) is 5.97. The van der Waals surface area contributed by atoms with E-state index in [1.165, 1.54) is 0 Å². The third kappa shape index (κ3) is 3.17. The zero-order valence-electron chi connectivity index (χ0n) is 9.78. The van der Waals surface area contributed by atoms with Crippen LogP contribution < -0.4 is 16.4 Å². The Labute approximate surface area is 101 Å². The molecular weight excluding hydrogens is 216 g/mol. The summed E-state index contributed by atoms with van der Waals surface area (Å²) >= 11 is 0. The molecule has 0 radical (unpaired) electrons. The number of hydrogen-bond acceptors (Lipinski definition) is 4. The summed E-state index contributed by atoms with van der Waals surface area (Å²) in [6.07, 6.45) is 3.81. The van der Waals surface area contributed by atoms with E-state index < -0.39 is 0 Å². The van der Waals surface area contributed by atoms with Gasteiger partial charge < -0.3 is 16.4 Å². The van der Waals surface area contributed by atoms with Crippen molar-refractivity contribution in [3.63, 3.8) is 0 Å². The fourth-order valence-corrected chi connectivity index (χ4v) is 2.03. The Hall–Kier alpha value is -1.62. The van der Waals surface area contributed by atoms with Crippen molar-refractivity contribution in [2.75, 3.05) is 25.4 Å². The Morgan fingerprint density at radius 2 is 2.29 bits per heavy atom. The number of carbonyl (C=O) groups is 1. The van der Waals surface area contributed by atoms with Gasteiger partial charge in [-0.3, -0.25) is 4.79 Å². The van der Waals surface area contributed by atoms with Gasteiger partial charge >= 0.3 is 0 Å². The first-order chi connectivity index (χ1) is 8.27. The Morgan fingerprint density at radius 3 is 3.00 bits per heavy atom. The van der Waals surface area contributed by atoms with Crippen LogP contribution in [0.25, 0.3) is 0 Å². The van der Waals surface area contributed by atoms with Gasteiger partial charge in [-0.25, -0.2) is 4.98 Å². The van der Waals surface area contributed by atoms with Crippen LogP contribution in [0.3, 0.4) is 0 Å². The number of anilines is 1. The van der Waals surface area contributed by atoms with Crippen molar-refractivity contribution in [1.82, 2.24) is 15.6 Å². The molecule has 0 spiro atoms. The highest BCUT2D eigenvalue weighted by Crippen LogP contribution is 2.11. The highest BCUT2D eigenvalue weighted by Gasteiger charge is 2.15. The molecule has 0 aromatic carbocycles. The lowest BCUT2D eigenvalue weighted by Gasteiger charge is -2.22. The molecule has 5 nitrogen and oxygen atoms in total. The average molecular weight is 234 g/mol. The molecule has 5 heteroatoms. The van der Waals surface area contributed by atoms with Crippen LogP contribution in [0.5, 0.6) is 0 Å². The van der Waals surface area contributed by atoms with Gasteiger partial charge in [-0.2, -0.15) is 0 Å². The number of nitrogen functional groups attached to an aromatic ring is 1. The summed E-state index contributed by atoms with van der Waals surface area (Å²) in [5.41, 5.74) is 6.11. The van der Waals surface area contributed by atoms with E-state index in [4.69, 9.17) is 5.73 Å². The quantitative estimate of drug-likeness (QED) is 0.707. The van der Waals surface area contributed by atoms with E-state index in [0.29, 0.717) is 11.5 Å². The molecule has 1 fully saturated rings. The number of rotatable bonds is 3. The van der Waals surface area contributed by atoms with E-state index in [-0.39, 0.29) is 11.7 Å². The molecule has 1 aromatic rings. The second kappa shape index (κ2) is 5.63. The lowest BCUT2D eigenvalue weighted by molar-refractivity contribution is 0.0945.